The first-order valence-corrected chi connectivity index (χ1v) is 10.9. The maximum absolute atomic E-state index is 12.8. The zero-order chi connectivity index (χ0) is 22.9. The summed E-state index contributed by atoms with van der Waals surface area (Å²) in [5, 5.41) is -0.468. The number of carbonyl (C=O) groups is 3. The second kappa shape index (κ2) is 9.01. The Bertz CT molecular complexity index is 1050. The lowest BCUT2D eigenvalue weighted by Crippen LogP contribution is -2.42. The van der Waals surface area contributed by atoms with Crippen LogP contribution >= 0.6 is 11.8 Å². The van der Waals surface area contributed by atoms with Crippen molar-refractivity contribution in [1.82, 2.24) is 9.47 Å². The maximum Gasteiger partial charge on any atom is 0.329 e. The van der Waals surface area contributed by atoms with Crippen LogP contribution in [0.3, 0.4) is 0 Å². The third-order valence-electron chi connectivity index (χ3n) is 5.22. The van der Waals surface area contributed by atoms with Gasteiger partial charge in [-0.1, -0.05) is 0 Å². The average Bonchev–Trinajstić information content (AvgIpc) is 3.16. The van der Waals surface area contributed by atoms with E-state index in [2.05, 4.69) is 16.7 Å². The number of benzene rings is 1. The first kappa shape index (κ1) is 22.7. The quantitative estimate of drug-likeness (QED) is 0.495. The maximum atomic E-state index is 12.8. The number of anilines is 1. The van der Waals surface area contributed by atoms with Crippen LogP contribution in [0.25, 0.3) is 11.8 Å². The molecule has 0 saturated carbocycles. The summed E-state index contributed by atoms with van der Waals surface area (Å²) in [6.45, 7) is 7.35. The van der Waals surface area contributed by atoms with Gasteiger partial charge in [0, 0.05) is 36.9 Å². The van der Waals surface area contributed by atoms with Gasteiger partial charge < -0.3 is 14.2 Å². The number of rotatable bonds is 6. The molecule has 0 aliphatic carbocycles. The number of hydrogen-bond donors (Lipinski definition) is 0. The molecule has 8 heteroatoms. The predicted molar refractivity (Wildman–Crippen MR) is 123 cm³/mol. The molecule has 0 N–H and O–H groups in total. The Balaban J connectivity index is 1.91. The zero-order valence-corrected chi connectivity index (χ0v) is 19.4. The summed E-state index contributed by atoms with van der Waals surface area (Å²) in [6.07, 6.45) is 1.72. The van der Waals surface area contributed by atoms with Crippen molar-refractivity contribution in [2.75, 3.05) is 25.6 Å². The number of hydrogen-bond acceptors (Lipinski definition) is 6. The average molecular weight is 442 g/mol. The van der Waals surface area contributed by atoms with E-state index in [0.717, 1.165) is 45.0 Å². The summed E-state index contributed by atoms with van der Waals surface area (Å²) in [6, 6.07) is 9.23. The lowest BCUT2D eigenvalue weighted by Gasteiger charge is -2.19. The fourth-order valence-electron chi connectivity index (χ4n) is 3.55. The van der Waals surface area contributed by atoms with Crippen molar-refractivity contribution in [1.29, 1.82) is 0 Å². The molecule has 3 rings (SSSR count). The van der Waals surface area contributed by atoms with Crippen LogP contribution in [0.15, 0.2) is 35.2 Å². The van der Waals surface area contributed by atoms with E-state index < -0.39 is 23.2 Å². The Morgan fingerprint density at radius 2 is 1.84 bits per heavy atom. The fourth-order valence-corrected chi connectivity index (χ4v) is 4.45. The number of amides is 2. The van der Waals surface area contributed by atoms with E-state index in [0.29, 0.717) is 4.91 Å². The van der Waals surface area contributed by atoms with E-state index in [-0.39, 0.29) is 6.61 Å². The number of carbonyl (C=O) groups excluding carboxylic acids is 3. The monoisotopic (exact) mass is 441 g/mol. The van der Waals surface area contributed by atoms with Gasteiger partial charge in [-0.15, -0.1) is 0 Å². The molecule has 0 radical (unpaired) electrons. The van der Waals surface area contributed by atoms with Crippen molar-refractivity contribution in [2.45, 2.75) is 33.7 Å². The number of ether oxygens (including phenoxy) is 1. The highest BCUT2D eigenvalue weighted by Gasteiger charge is 2.41. The molecule has 1 aromatic heterocycles. The number of esters is 1. The molecule has 7 nitrogen and oxygen atoms in total. The first-order chi connectivity index (χ1) is 14.6. The number of imide groups is 1. The van der Waals surface area contributed by atoms with Crippen LogP contribution in [0.5, 0.6) is 0 Å². The molecule has 1 aliphatic heterocycles. The van der Waals surface area contributed by atoms with Crippen LogP contribution in [-0.4, -0.2) is 53.3 Å². The smallest absolute Gasteiger partial charge is 0.329 e. The van der Waals surface area contributed by atoms with Gasteiger partial charge in [0.25, 0.3) is 11.1 Å². The minimum atomic E-state index is -0.957. The number of aryl methyl sites for hydroxylation is 1. The Morgan fingerprint density at radius 3 is 2.42 bits per heavy atom. The Labute approximate surface area is 186 Å². The molecular formula is C23H27N3O4S. The minimum absolute atomic E-state index is 0.191. The highest BCUT2D eigenvalue weighted by Crippen LogP contribution is 2.35. The highest BCUT2D eigenvalue weighted by molar-refractivity contribution is 8.18. The van der Waals surface area contributed by atoms with Gasteiger partial charge in [0.1, 0.15) is 6.04 Å². The van der Waals surface area contributed by atoms with Crippen LogP contribution < -0.4 is 4.90 Å². The SMILES string of the molecule is CCOC(=O)C(C)N1C(=O)S/C(=C/c2cc(C)n(-c3ccc(N(C)C)cc3)c2C)C1=O. The van der Waals surface area contributed by atoms with Crippen LogP contribution in [0, 0.1) is 13.8 Å². The molecule has 1 aliphatic rings. The van der Waals surface area contributed by atoms with Crippen molar-refractivity contribution < 1.29 is 19.1 Å². The summed E-state index contributed by atoms with van der Waals surface area (Å²) in [4.78, 5) is 40.6. The molecule has 1 saturated heterocycles. The van der Waals surface area contributed by atoms with Gasteiger partial charge in [-0.25, -0.2) is 4.79 Å². The van der Waals surface area contributed by atoms with E-state index in [1.165, 1.54) is 6.92 Å². The fraction of sp³-hybridized carbons (Fsp3) is 0.348. The van der Waals surface area contributed by atoms with Gasteiger partial charge in [-0.3, -0.25) is 14.5 Å². The van der Waals surface area contributed by atoms with Gasteiger partial charge >= 0.3 is 5.97 Å². The van der Waals surface area contributed by atoms with E-state index in [1.54, 1.807) is 13.0 Å². The molecule has 1 atom stereocenters. The van der Waals surface area contributed by atoms with Crippen molar-refractivity contribution >= 4 is 40.6 Å². The Hall–Kier alpha value is -3.00. The number of thioether (sulfide) groups is 1. The van der Waals surface area contributed by atoms with Crippen molar-refractivity contribution in [3.63, 3.8) is 0 Å². The van der Waals surface area contributed by atoms with Crippen LogP contribution in [0.1, 0.15) is 30.8 Å². The van der Waals surface area contributed by atoms with E-state index >= 15 is 0 Å². The molecule has 2 heterocycles. The summed E-state index contributed by atoms with van der Waals surface area (Å²) in [7, 11) is 3.99. The summed E-state index contributed by atoms with van der Waals surface area (Å²) in [5.74, 6) is -1.07. The Kier molecular flexibility index (Phi) is 6.59. The van der Waals surface area contributed by atoms with Crippen LogP contribution in [0.2, 0.25) is 0 Å². The predicted octanol–water partition coefficient (Wildman–Crippen LogP) is 4.15. The second-order valence-electron chi connectivity index (χ2n) is 7.55. The summed E-state index contributed by atoms with van der Waals surface area (Å²) >= 11 is 0.841. The topological polar surface area (TPSA) is 71.8 Å². The molecule has 1 fully saturated rings. The van der Waals surface area contributed by atoms with Gasteiger partial charge in [-0.2, -0.15) is 0 Å². The summed E-state index contributed by atoms with van der Waals surface area (Å²) in [5.41, 5.74) is 4.95. The number of nitrogens with zero attached hydrogens (tertiary/aromatic N) is 3. The summed E-state index contributed by atoms with van der Waals surface area (Å²) < 4.78 is 7.06. The third kappa shape index (κ3) is 4.39. The van der Waals surface area contributed by atoms with Gasteiger partial charge in [0.05, 0.1) is 11.5 Å². The first-order valence-electron chi connectivity index (χ1n) is 10.1. The molecule has 2 amide bonds. The van der Waals surface area contributed by atoms with Gasteiger partial charge in [0.2, 0.25) is 0 Å². The largest absolute Gasteiger partial charge is 0.464 e. The standard InChI is InChI=1S/C23H27N3O4S/c1-7-30-22(28)16(4)26-21(27)20(31-23(26)29)13-17-12-14(2)25(15(17)3)19-10-8-18(9-11-19)24(5)6/h8-13,16H,7H2,1-6H3/b20-13+. The van der Waals surface area contributed by atoms with Crippen molar-refractivity contribution in [3.05, 3.63) is 52.2 Å². The molecule has 1 unspecified atom stereocenters. The number of aromatic nitrogens is 1. The zero-order valence-electron chi connectivity index (χ0n) is 18.6. The van der Waals surface area contributed by atoms with Crippen molar-refractivity contribution in [3.8, 4) is 5.69 Å². The van der Waals surface area contributed by atoms with E-state index in [1.807, 2.05) is 51.0 Å². The van der Waals surface area contributed by atoms with Crippen molar-refractivity contribution in [2.24, 2.45) is 0 Å². The van der Waals surface area contributed by atoms with E-state index in [9.17, 15) is 14.4 Å². The molecule has 0 bridgehead atoms. The Morgan fingerprint density at radius 1 is 1.19 bits per heavy atom. The van der Waals surface area contributed by atoms with Crippen LogP contribution in [-0.2, 0) is 14.3 Å². The molecule has 1 aromatic carbocycles. The minimum Gasteiger partial charge on any atom is -0.464 e. The van der Waals surface area contributed by atoms with Gasteiger partial charge in [-0.05, 0) is 81.4 Å². The second-order valence-corrected chi connectivity index (χ2v) is 8.55. The highest BCUT2D eigenvalue weighted by atomic mass is 32.2. The third-order valence-corrected chi connectivity index (χ3v) is 6.10. The van der Waals surface area contributed by atoms with E-state index in [4.69, 9.17) is 4.74 Å². The molecule has 164 valence electrons. The van der Waals surface area contributed by atoms with Gasteiger partial charge in [0.15, 0.2) is 0 Å². The molecule has 31 heavy (non-hydrogen) atoms. The van der Waals surface area contributed by atoms with Crippen LogP contribution in [0.4, 0.5) is 10.5 Å². The molecule has 0 spiro atoms. The molecule has 2 aromatic rings. The lowest BCUT2D eigenvalue weighted by molar-refractivity contribution is -0.150. The molecular weight excluding hydrogens is 414 g/mol. The normalized spacial score (nSPS) is 16.2. The lowest BCUT2D eigenvalue weighted by atomic mass is 10.2.